The minimum Gasteiger partial charge on any atom is -0.493 e. The molecule has 0 aromatic heterocycles. The van der Waals surface area contributed by atoms with E-state index in [1.165, 1.54) is 21.3 Å². The Balaban J connectivity index is 2.64. The van der Waals surface area contributed by atoms with E-state index in [9.17, 15) is 9.59 Å². The topological polar surface area (TPSA) is 83.1 Å². The number of rotatable bonds is 10. The summed E-state index contributed by atoms with van der Waals surface area (Å²) in [5.74, 6) is 0.546. The van der Waals surface area contributed by atoms with Gasteiger partial charge in [0.2, 0.25) is 5.75 Å². The van der Waals surface area contributed by atoms with E-state index in [2.05, 4.69) is 5.32 Å². The van der Waals surface area contributed by atoms with Crippen LogP contribution in [0.2, 0.25) is 0 Å². The monoisotopic (exact) mass is 353 g/mol. The molecule has 0 aliphatic rings. The van der Waals surface area contributed by atoms with Gasteiger partial charge in [-0.25, -0.2) is 0 Å². The third-order valence-electron chi connectivity index (χ3n) is 3.57. The lowest BCUT2D eigenvalue weighted by atomic mass is 10.1. The molecule has 0 bridgehead atoms. The summed E-state index contributed by atoms with van der Waals surface area (Å²) in [5, 5.41) is 2.78. The lowest BCUT2D eigenvalue weighted by molar-refractivity contribution is -0.148. The number of ether oxygens (including phenoxy) is 4. The molecule has 0 heterocycles. The normalized spacial score (nSPS) is 11.4. The van der Waals surface area contributed by atoms with E-state index < -0.39 is 5.97 Å². The summed E-state index contributed by atoms with van der Waals surface area (Å²) in [4.78, 5) is 23.7. The maximum Gasteiger partial charge on any atom is 0.310 e. The van der Waals surface area contributed by atoms with Gasteiger partial charge in [-0.3, -0.25) is 9.59 Å². The van der Waals surface area contributed by atoms with Crippen LogP contribution < -0.4 is 19.5 Å². The van der Waals surface area contributed by atoms with Crippen molar-refractivity contribution in [3.05, 3.63) is 17.7 Å². The van der Waals surface area contributed by atoms with E-state index in [4.69, 9.17) is 18.9 Å². The second-order valence-electron chi connectivity index (χ2n) is 5.63. The van der Waals surface area contributed by atoms with Crippen molar-refractivity contribution < 1.29 is 28.5 Å². The fourth-order valence-corrected chi connectivity index (χ4v) is 2.42. The van der Waals surface area contributed by atoms with E-state index in [1.54, 1.807) is 12.1 Å². The molecule has 1 atom stereocenters. The van der Waals surface area contributed by atoms with Crippen LogP contribution in [0.4, 0.5) is 0 Å². The highest BCUT2D eigenvalue weighted by molar-refractivity contribution is 5.81. The van der Waals surface area contributed by atoms with Gasteiger partial charge in [0.05, 0.1) is 27.8 Å². The molecule has 0 saturated carbocycles. The molecule has 0 aliphatic heterocycles. The van der Waals surface area contributed by atoms with Crippen molar-refractivity contribution >= 4 is 11.9 Å². The van der Waals surface area contributed by atoms with E-state index in [-0.39, 0.29) is 25.0 Å². The predicted octanol–water partition coefficient (Wildman–Crippen LogP) is 2.10. The lowest BCUT2D eigenvalue weighted by Crippen LogP contribution is -2.35. The lowest BCUT2D eigenvalue weighted by Gasteiger charge is -2.14. The molecule has 1 N–H and O–H groups in total. The number of hydrogen-bond donors (Lipinski definition) is 1. The van der Waals surface area contributed by atoms with Gasteiger partial charge in [-0.1, -0.05) is 13.3 Å². The SMILES string of the molecule is CCC[C@H](C)NC(=O)COC(=O)Cc1cc(OC)c(OC)c(OC)c1. The van der Waals surface area contributed by atoms with E-state index in [0.29, 0.717) is 22.8 Å². The number of benzene rings is 1. The van der Waals surface area contributed by atoms with Crippen LogP contribution in [0.5, 0.6) is 17.2 Å². The van der Waals surface area contributed by atoms with Gasteiger partial charge in [0, 0.05) is 6.04 Å². The van der Waals surface area contributed by atoms with Gasteiger partial charge >= 0.3 is 5.97 Å². The van der Waals surface area contributed by atoms with Gasteiger partial charge in [0.1, 0.15) is 0 Å². The fourth-order valence-electron chi connectivity index (χ4n) is 2.42. The van der Waals surface area contributed by atoms with E-state index in [1.807, 2.05) is 13.8 Å². The first-order chi connectivity index (χ1) is 11.9. The molecule has 1 amide bonds. The Labute approximate surface area is 148 Å². The number of amides is 1. The zero-order chi connectivity index (χ0) is 18.8. The maximum absolute atomic E-state index is 12.0. The molecule has 0 saturated heterocycles. The second kappa shape index (κ2) is 10.4. The zero-order valence-electron chi connectivity index (χ0n) is 15.5. The summed E-state index contributed by atoms with van der Waals surface area (Å²) in [7, 11) is 4.51. The highest BCUT2D eigenvalue weighted by Gasteiger charge is 2.16. The van der Waals surface area contributed by atoms with Crippen LogP contribution in [-0.2, 0) is 20.7 Å². The highest BCUT2D eigenvalue weighted by atomic mass is 16.5. The number of carbonyl (C=O) groups is 2. The molecular weight excluding hydrogens is 326 g/mol. The molecule has 0 aliphatic carbocycles. The molecule has 0 spiro atoms. The number of esters is 1. The van der Waals surface area contributed by atoms with Crippen molar-refractivity contribution in [1.82, 2.24) is 5.32 Å². The maximum atomic E-state index is 12.0. The van der Waals surface area contributed by atoms with Gasteiger partial charge in [0.15, 0.2) is 18.1 Å². The number of nitrogens with one attached hydrogen (secondary N) is 1. The van der Waals surface area contributed by atoms with Crippen molar-refractivity contribution in [1.29, 1.82) is 0 Å². The van der Waals surface area contributed by atoms with Crippen LogP contribution in [0.3, 0.4) is 0 Å². The minimum atomic E-state index is -0.507. The summed E-state index contributed by atoms with van der Waals surface area (Å²) in [6, 6.07) is 3.41. The molecule has 1 aromatic rings. The van der Waals surface area contributed by atoms with E-state index in [0.717, 1.165) is 12.8 Å². The summed E-state index contributed by atoms with van der Waals surface area (Å²) in [6.07, 6.45) is 1.85. The third kappa shape index (κ3) is 6.52. The van der Waals surface area contributed by atoms with Crippen molar-refractivity contribution in [3.8, 4) is 17.2 Å². The Morgan fingerprint density at radius 1 is 1.08 bits per heavy atom. The molecule has 7 heteroatoms. The Hall–Kier alpha value is -2.44. The van der Waals surface area contributed by atoms with Gasteiger partial charge in [-0.05, 0) is 31.0 Å². The molecule has 1 rings (SSSR count). The van der Waals surface area contributed by atoms with Crippen molar-refractivity contribution in [2.75, 3.05) is 27.9 Å². The molecular formula is C18H27NO6. The first-order valence-corrected chi connectivity index (χ1v) is 8.18. The average molecular weight is 353 g/mol. The third-order valence-corrected chi connectivity index (χ3v) is 3.57. The summed E-state index contributed by atoms with van der Waals surface area (Å²) < 4.78 is 20.8. The number of methoxy groups -OCH3 is 3. The van der Waals surface area contributed by atoms with Crippen molar-refractivity contribution in [2.45, 2.75) is 39.2 Å². The Kier molecular flexibility index (Phi) is 8.60. The van der Waals surface area contributed by atoms with Crippen LogP contribution in [0, 0.1) is 0 Å². The smallest absolute Gasteiger partial charge is 0.310 e. The highest BCUT2D eigenvalue weighted by Crippen LogP contribution is 2.38. The second-order valence-corrected chi connectivity index (χ2v) is 5.63. The summed E-state index contributed by atoms with van der Waals surface area (Å²) in [6.45, 7) is 3.66. The molecule has 25 heavy (non-hydrogen) atoms. The predicted molar refractivity (Wildman–Crippen MR) is 93.3 cm³/mol. The molecule has 140 valence electrons. The number of hydrogen-bond acceptors (Lipinski definition) is 6. The minimum absolute atomic E-state index is 0.00545. The fraction of sp³-hybridized carbons (Fsp3) is 0.556. The average Bonchev–Trinajstić information content (AvgIpc) is 2.59. The standard InChI is InChI=1S/C18H27NO6/c1-6-7-12(2)19-16(20)11-25-17(21)10-13-8-14(22-3)18(24-5)15(9-13)23-4/h8-9,12H,6-7,10-11H2,1-5H3,(H,19,20)/t12-/m0/s1. The largest absolute Gasteiger partial charge is 0.493 e. The van der Waals surface area contributed by atoms with Gasteiger partial charge in [-0.2, -0.15) is 0 Å². The van der Waals surface area contributed by atoms with Crippen LogP contribution in [0.1, 0.15) is 32.3 Å². The summed E-state index contributed by atoms with van der Waals surface area (Å²) in [5.41, 5.74) is 0.638. The molecule has 7 nitrogen and oxygen atoms in total. The van der Waals surface area contributed by atoms with Crippen LogP contribution in [0.25, 0.3) is 0 Å². The van der Waals surface area contributed by atoms with Gasteiger partial charge in [0.25, 0.3) is 5.91 Å². The van der Waals surface area contributed by atoms with Gasteiger partial charge in [-0.15, -0.1) is 0 Å². The molecule has 0 radical (unpaired) electrons. The molecule has 0 unspecified atom stereocenters. The van der Waals surface area contributed by atoms with Crippen LogP contribution in [-0.4, -0.2) is 45.9 Å². The van der Waals surface area contributed by atoms with Crippen molar-refractivity contribution in [3.63, 3.8) is 0 Å². The Morgan fingerprint density at radius 3 is 2.16 bits per heavy atom. The van der Waals surface area contributed by atoms with Crippen LogP contribution in [0.15, 0.2) is 12.1 Å². The Bertz CT molecular complexity index is 562. The first kappa shape index (κ1) is 20.6. The van der Waals surface area contributed by atoms with Gasteiger partial charge < -0.3 is 24.3 Å². The zero-order valence-corrected chi connectivity index (χ0v) is 15.5. The number of carbonyl (C=O) groups excluding carboxylic acids is 2. The summed E-state index contributed by atoms with van der Waals surface area (Å²) >= 11 is 0. The van der Waals surface area contributed by atoms with Crippen molar-refractivity contribution in [2.24, 2.45) is 0 Å². The van der Waals surface area contributed by atoms with Crippen LogP contribution >= 0.6 is 0 Å². The molecule has 0 fully saturated rings. The first-order valence-electron chi connectivity index (χ1n) is 8.18. The molecule has 1 aromatic carbocycles. The Morgan fingerprint density at radius 2 is 1.68 bits per heavy atom. The quantitative estimate of drug-likeness (QED) is 0.649. The van der Waals surface area contributed by atoms with E-state index >= 15 is 0 Å².